The first kappa shape index (κ1) is 21.0. The minimum atomic E-state index is -0.112. The van der Waals surface area contributed by atoms with Crippen LogP contribution in [0.5, 0.6) is 0 Å². The fourth-order valence-corrected chi connectivity index (χ4v) is 3.80. The largest absolute Gasteiger partial charge is 0.469 e. The van der Waals surface area contributed by atoms with Crippen LogP contribution in [0.3, 0.4) is 0 Å². The van der Waals surface area contributed by atoms with Gasteiger partial charge in [-0.25, -0.2) is 0 Å². The molecule has 7 heteroatoms. The van der Waals surface area contributed by atoms with E-state index in [1.807, 2.05) is 0 Å². The van der Waals surface area contributed by atoms with Gasteiger partial charge in [-0.1, -0.05) is 13.8 Å². The number of likely N-dealkylation sites (N-methyl/N-ethyl adjacent to an activating group) is 1. The van der Waals surface area contributed by atoms with Gasteiger partial charge in [0.15, 0.2) is 5.96 Å². The van der Waals surface area contributed by atoms with Gasteiger partial charge in [0, 0.05) is 58.9 Å². The summed E-state index contributed by atoms with van der Waals surface area (Å²) < 4.78 is 4.95. The molecule has 0 spiro atoms. The maximum absolute atomic E-state index is 11.9. The lowest BCUT2D eigenvalue weighted by atomic mass is 9.99. The lowest BCUT2D eigenvalue weighted by molar-refractivity contribution is -0.145. The standard InChI is InChI=1S/C19H37N5O2/c1-6-20-19(24-13-16(3)17(14-24)18(25)26-5)21-11-15(2)12-23-9-7-22(4)8-10-23/h15-17H,6-14H2,1-5H3,(H,20,21). The molecule has 3 unspecified atom stereocenters. The third-order valence-electron chi connectivity index (χ3n) is 5.47. The zero-order chi connectivity index (χ0) is 19.1. The Morgan fingerprint density at radius 3 is 2.58 bits per heavy atom. The van der Waals surface area contributed by atoms with E-state index >= 15 is 0 Å². The maximum atomic E-state index is 11.9. The predicted molar refractivity (Wildman–Crippen MR) is 105 cm³/mol. The molecule has 2 aliphatic heterocycles. The first-order valence-electron chi connectivity index (χ1n) is 9.96. The minimum absolute atomic E-state index is 0.0633. The number of hydrogen-bond donors (Lipinski definition) is 1. The third-order valence-corrected chi connectivity index (χ3v) is 5.47. The second-order valence-corrected chi connectivity index (χ2v) is 7.92. The lowest BCUT2D eigenvalue weighted by Crippen LogP contribution is -2.46. The predicted octanol–water partition coefficient (Wildman–Crippen LogP) is 0.576. The van der Waals surface area contributed by atoms with Crippen LogP contribution in [0.2, 0.25) is 0 Å². The van der Waals surface area contributed by atoms with Gasteiger partial charge in [-0.05, 0) is 25.8 Å². The van der Waals surface area contributed by atoms with Gasteiger partial charge in [-0.3, -0.25) is 9.79 Å². The van der Waals surface area contributed by atoms with E-state index in [9.17, 15) is 4.79 Å². The van der Waals surface area contributed by atoms with Crippen LogP contribution in [0.4, 0.5) is 0 Å². The molecule has 0 amide bonds. The number of piperazine rings is 1. The molecule has 7 nitrogen and oxygen atoms in total. The Kier molecular flexibility index (Phi) is 8.15. The van der Waals surface area contributed by atoms with E-state index in [4.69, 9.17) is 9.73 Å². The van der Waals surface area contributed by atoms with Gasteiger partial charge >= 0.3 is 5.97 Å². The highest BCUT2D eigenvalue weighted by Crippen LogP contribution is 2.24. The number of nitrogens with one attached hydrogen (secondary N) is 1. The number of rotatable bonds is 6. The molecule has 0 aromatic carbocycles. The number of guanidine groups is 1. The van der Waals surface area contributed by atoms with Crippen molar-refractivity contribution in [3.63, 3.8) is 0 Å². The van der Waals surface area contributed by atoms with E-state index in [0.29, 0.717) is 12.5 Å². The van der Waals surface area contributed by atoms with Crippen LogP contribution in [0, 0.1) is 17.8 Å². The van der Waals surface area contributed by atoms with Crippen molar-refractivity contribution in [1.82, 2.24) is 20.0 Å². The van der Waals surface area contributed by atoms with E-state index in [-0.39, 0.29) is 17.8 Å². The van der Waals surface area contributed by atoms with E-state index in [1.165, 1.54) is 7.11 Å². The molecule has 0 aromatic rings. The van der Waals surface area contributed by atoms with E-state index in [1.54, 1.807) is 0 Å². The average Bonchev–Trinajstić information content (AvgIpc) is 3.01. The van der Waals surface area contributed by atoms with Crippen LogP contribution < -0.4 is 5.32 Å². The molecule has 0 bridgehead atoms. The summed E-state index contributed by atoms with van der Waals surface area (Å²) >= 11 is 0. The summed E-state index contributed by atoms with van der Waals surface area (Å²) in [7, 11) is 3.66. The molecule has 2 rings (SSSR count). The highest BCUT2D eigenvalue weighted by molar-refractivity contribution is 5.82. The molecule has 2 fully saturated rings. The summed E-state index contributed by atoms with van der Waals surface area (Å²) in [6.45, 7) is 15.3. The first-order chi connectivity index (χ1) is 12.4. The van der Waals surface area contributed by atoms with Crippen molar-refractivity contribution in [3.8, 4) is 0 Å². The van der Waals surface area contributed by atoms with Gasteiger partial charge in [-0.15, -0.1) is 0 Å². The van der Waals surface area contributed by atoms with Crippen LogP contribution in [0.1, 0.15) is 20.8 Å². The normalized spacial score (nSPS) is 26.8. The monoisotopic (exact) mass is 367 g/mol. The fraction of sp³-hybridized carbons (Fsp3) is 0.895. The van der Waals surface area contributed by atoms with Crippen LogP contribution in [0.25, 0.3) is 0 Å². The van der Waals surface area contributed by atoms with Crippen molar-refractivity contribution in [1.29, 1.82) is 0 Å². The van der Waals surface area contributed by atoms with Gasteiger partial charge in [0.1, 0.15) is 0 Å². The molecule has 2 aliphatic rings. The Morgan fingerprint density at radius 1 is 1.27 bits per heavy atom. The maximum Gasteiger partial charge on any atom is 0.310 e. The number of carbonyl (C=O) groups is 1. The number of methoxy groups -OCH3 is 1. The molecular weight excluding hydrogens is 330 g/mol. The topological polar surface area (TPSA) is 60.4 Å². The fourth-order valence-electron chi connectivity index (χ4n) is 3.80. The second-order valence-electron chi connectivity index (χ2n) is 7.92. The number of nitrogens with zero attached hydrogens (tertiary/aromatic N) is 4. The van der Waals surface area contributed by atoms with E-state index in [2.05, 4.69) is 47.8 Å². The number of esters is 1. The zero-order valence-corrected chi connectivity index (χ0v) is 17.2. The molecule has 0 aromatic heterocycles. The number of hydrogen-bond acceptors (Lipinski definition) is 5. The number of likely N-dealkylation sites (tertiary alicyclic amines) is 1. The van der Waals surface area contributed by atoms with Gasteiger partial charge < -0.3 is 24.8 Å². The van der Waals surface area contributed by atoms with Crippen LogP contribution in [-0.4, -0.2) is 99.7 Å². The first-order valence-corrected chi connectivity index (χ1v) is 9.96. The molecule has 0 radical (unpaired) electrons. The van der Waals surface area contributed by atoms with Crippen LogP contribution in [-0.2, 0) is 9.53 Å². The van der Waals surface area contributed by atoms with Crippen LogP contribution in [0.15, 0.2) is 4.99 Å². The quantitative estimate of drug-likeness (QED) is 0.421. The summed E-state index contributed by atoms with van der Waals surface area (Å²) in [5.74, 6) is 1.56. The summed E-state index contributed by atoms with van der Waals surface area (Å²) in [5, 5.41) is 3.39. The van der Waals surface area contributed by atoms with Crippen molar-refractivity contribution in [3.05, 3.63) is 0 Å². The Bertz CT molecular complexity index is 477. The Balaban J connectivity index is 1.88. The smallest absolute Gasteiger partial charge is 0.310 e. The highest BCUT2D eigenvalue weighted by atomic mass is 16.5. The number of carbonyl (C=O) groups excluding carboxylic acids is 1. The van der Waals surface area contributed by atoms with Gasteiger partial charge in [0.05, 0.1) is 13.0 Å². The molecule has 2 heterocycles. The molecular formula is C19H37N5O2. The van der Waals surface area contributed by atoms with Crippen molar-refractivity contribution >= 4 is 11.9 Å². The third kappa shape index (κ3) is 5.84. The van der Waals surface area contributed by atoms with Crippen molar-refractivity contribution < 1.29 is 9.53 Å². The zero-order valence-electron chi connectivity index (χ0n) is 17.2. The summed E-state index contributed by atoms with van der Waals surface area (Å²) in [4.78, 5) is 23.9. The highest BCUT2D eigenvalue weighted by Gasteiger charge is 2.36. The molecule has 3 atom stereocenters. The summed E-state index contributed by atoms with van der Waals surface area (Å²) in [6.07, 6.45) is 0. The van der Waals surface area contributed by atoms with Crippen molar-refractivity contribution in [2.24, 2.45) is 22.7 Å². The SMILES string of the molecule is CCNC(=NCC(C)CN1CCN(C)CC1)N1CC(C)C(C(=O)OC)C1. The van der Waals surface area contributed by atoms with Crippen LogP contribution >= 0.6 is 0 Å². The number of aliphatic imine (C=N–C) groups is 1. The Labute approximate surface area is 158 Å². The molecule has 150 valence electrons. The van der Waals surface area contributed by atoms with Gasteiger partial charge in [-0.2, -0.15) is 0 Å². The van der Waals surface area contributed by atoms with Crippen molar-refractivity contribution in [2.45, 2.75) is 20.8 Å². The van der Waals surface area contributed by atoms with E-state index in [0.717, 1.165) is 58.3 Å². The lowest BCUT2D eigenvalue weighted by Gasteiger charge is -2.33. The Morgan fingerprint density at radius 2 is 1.96 bits per heavy atom. The van der Waals surface area contributed by atoms with E-state index < -0.39 is 0 Å². The number of ether oxygens (including phenoxy) is 1. The molecule has 0 aliphatic carbocycles. The molecule has 26 heavy (non-hydrogen) atoms. The summed E-state index contributed by atoms with van der Waals surface area (Å²) in [6, 6.07) is 0. The molecule has 0 saturated carbocycles. The average molecular weight is 368 g/mol. The van der Waals surface area contributed by atoms with Gasteiger partial charge in [0.2, 0.25) is 0 Å². The summed E-state index contributed by atoms with van der Waals surface area (Å²) in [5.41, 5.74) is 0. The second kappa shape index (κ2) is 10.1. The van der Waals surface area contributed by atoms with Gasteiger partial charge in [0.25, 0.3) is 0 Å². The Hall–Kier alpha value is -1.34. The molecule has 1 N–H and O–H groups in total. The molecule has 2 saturated heterocycles. The minimum Gasteiger partial charge on any atom is -0.469 e. The van der Waals surface area contributed by atoms with Crippen molar-refractivity contribution in [2.75, 3.05) is 73.1 Å².